The number of piperidine rings is 1. The Morgan fingerprint density at radius 3 is 3.05 bits per heavy atom. The first-order valence-electron chi connectivity index (χ1n) is 7.23. The van der Waals surface area contributed by atoms with Gasteiger partial charge < -0.3 is 19.8 Å². The molecule has 21 heavy (non-hydrogen) atoms. The summed E-state index contributed by atoms with van der Waals surface area (Å²) >= 11 is 0. The standard InChI is InChI=1S/C15H23N3O3/c1-10-5-4-6-18(9-10)15(16)17-8-12-7-13(11(2)21-12)14(19)20-3/h7,10H,4-6,8-9H2,1-3H3,(H2,16,17). The highest BCUT2D eigenvalue weighted by atomic mass is 16.5. The Morgan fingerprint density at radius 2 is 2.38 bits per heavy atom. The van der Waals surface area contributed by atoms with Gasteiger partial charge in [-0.05, 0) is 31.7 Å². The van der Waals surface area contributed by atoms with Crippen LogP contribution in [0.4, 0.5) is 0 Å². The van der Waals surface area contributed by atoms with E-state index in [2.05, 4.69) is 16.8 Å². The van der Waals surface area contributed by atoms with Gasteiger partial charge in [-0.2, -0.15) is 0 Å². The summed E-state index contributed by atoms with van der Waals surface area (Å²) in [7, 11) is 1.35. The van der Waals surface area contributed by atoms with E-state index in [1.807, 2.05) is 0 Å². The topological polar surface area (TPSA) is 81.1 Å². The number of carbonyl (C=O) groups is 1. The normalized spacial score (nSPS) is 19.7. The first-order chi connectivity index (χ1) is 10.0. The highest BCUT2D eigenvalue weighted by Crippen LogP contribution is 2.17. The Balaban J connectivity index is 2.01. The molecular formula is C15H23N3O3. The maximum absolute atomic E-state index is 11.5. The number of nitrogens with two attached hydrogens (primary N) is 1. The van der Waals surface area contributed by atoms with E-state index in [4.69, 9.17) is 14.9 Å². The summed E-state index contributed by atoms with van der Waals surface area (Å²) in [6.45, 7) is 6.17. The summed E-state index contributed by atoms with van der Waals surface area (Å²) in [5, 5.41) is 0. The summed E-state index contributed by atoms with van der Waals surface area (Å²) in [5.74, 6) is 1.93. The summed E-state index contributed by atoms with van der Waals surface area (Å²) in [6, 6.07) is 1.66. The molecule has 2 rings (SSSR count). The Morgan fingerprint density at radius 1 is 1.62 bits per heavy atom. The Hall–Kier alpha value is -1.98. The molecule has 0 bridgehead atoms. The third kappa shape index (κ3) is 3.77. The minimum absolute atomic E-state index is 0.328. The minimum atomic E-state index is -0.399. The first-order valence-corrected chi connectivity index (χ1v) is 7.23. The molecule has 0 spiro atoms. The lowest BCUT2D eigenvalue weighted by Gasteiger charge is -2.31. The van der Waals surface area contributed by atoms with Gasteiger partial charge in [-0.1, -0.05) is 6.92 Å². The van der Waals surface area contributed by atoms with E-state index in [-0.39, 0.29) is 0 Å². The number of guanidine groups is 1. The monoisotopic (exact) mass is 293 g/mol. The molecule has 6 nitrogen and oxygen atoms in total. The SMILES string of the molecule is COC(=O)c1cc(CN=C(N)N2CCCC(C)C2)oc1C. The molecule has 6 heteroatoms. The van der Waals surface area contributed by atoms with Crippen molar-refractivity contribution in [1.29, 1.82) is 0 Å². The Kier molecular flexibility index (Phi) is 4.88. The van der Waals surface area contributed by atoms with E-state index in [1.165, 1.54) is 13.5 Å². The number of ether oxygens (including phenoxy) is 1. The molecular weight excluding hydrogens is 270 g/mol. The van der Waals surface area contributed by atoms with E-state index in [1.54, 1.807) is 13.0 Å². The molecule has 1 fully saturated rings. The van der Waals surface area contributed by atoms with Crippen LogP contribution >= 0.6 is 0 Å². The molecule has 0 aliphatic carbocycles. The number of aryl methyl sites for hydroxylation is 1. The molecule has 0 amide bonds. The maximum atomic E-state index is 11.5. The lowest BCUT2D eigenvalue weighted by molar-refractivity contribution is 0.0599. The van der Waals surface area contributed by atoms with Gasteiger partial charge in [-0.25, -0.2) is 9.79 Å². The number of hydrogen-bond acceptors (Lipinski definition) is 4. The van der Waals surface area contributed by atoms with E-state index >= 15 is 0 Å². The lowest BCUT2D eigenvalue weighted by Crippen LogP contribution is -2.43. The molecule has 2 heterocycles. The molecule has 1 unspecified atom stereocenters. The van der Waals surface area contributed by atoms with Crippen LogP contribution in [0.1, 0.15) is 41.6 Å². The third-order valence-corrected chi connectivity index (χ3v) is 3.75. The van der Waals surface area contributed by atoms with Crippen LogP contribution < -0.4 is 5.73 Å². The highest BCUT2D eigenvalue weighted by molar-refractivity contribution is 5.90. The summed E-state index contributed by atoms with van der Waals surface area (Å²) in [5.41, 5.74) is 6.47. The fraction of sp³-hybridized carbons (Fsp3) is 0.600. The number of carbonyl (C=O) groups excluding carboxylic acids is 1. The van der Waals surface area contributed by atoms with Crippen LogP contribution in [0.2, 0.25) is 0 Å². The number of rotatable bonds is 3. The van der Waals surface area contributed by atoms with Gasteiger partial charge in [0.25, 0.3) is 0 Å². The lowest BCUT2D eigenvalue weighted by atomic mass is 10.0. The van der Waals surface area contributed by atoms with Gasteiger partial charge in [-0.3, -0.25) is 0 Å². The van der Waals surface area contributed by atoms with Crippen LogP contribution in [0.5, 0.6) is 0 Å². The summed E-state index contributed by atoms with van der Waals surface area (Å²) in [6.07, 6.45) is 2.38. The molecule has 1 saturated heterocycles. The van der Waals surface area contributed by atoms with Crippen molar-refractivity contribution in [3.8, 4) is 0 Å². The zero-order valence-electron chi connectivity index (χ0n) is 12.9. The fourth-order valence-corrected chi connectivity index (χ4v) is 2.59. The van der Waals surface area contributed by atoms with E-state index in [0.717, 1.165) is 19.5 Å². The van der Waals surface area contributed by atoms with Crippen molar-refractivity contribution < 1.29 is 13.9 Å². The number of furan rings is 1. The van der Waals surface area contributed by atoms with Crippen LogP contribution in [0.25, 0.3) is 0 Å². The predicted octanol–water partition coefficient (Wildman–Crippen LogP) is 1.92. The minimum Gasteiger partial charge on any atom is -0.465 e. The van der Waals surface area contributed by atoms with Crippen LogP contribution in [-0.4, -0.2) is 37.0 Å². The van der Waals surface area contributed by atoms with Crippen molar-refractivity contribution in [3.05, 3.63) is 23.2 Å². The second kappa shape index (κ2) is 6.65. The van der Waals surface area contributed by atoms with Crippen LogP contribution in [0.3, 0.4) is 0 Å². The average Bonchev–Trinajstić information content (AvgIpc) is 2.85. The molecule has 0 aromatic carbocycles. The Labute approximate surface area is 125 Å². The van der Waals surface area contributed by atoms with Crippen LogP contribution in [-0.2, 0) is 11.3 Å². The van der Waals surface area contributed by atoms with Crippen LogP contribution in [0.15, 0.2) is 15.5 Å². The van der Waals surface area contributed by atoms with Crippen LogP contribution in [0, 0.1) is 12.8 Å². The van der Waals surface area contributed by atoms with Crippen molar-refractivity contribution in [3.63, 3.8) is 0 Å². The van der Waals surface area contributed by atoms with Crippen molar-refractivity contribution in [2.75, 3.05) is 20.2 Å². The second-order valence-corrected chi connectivity index (χ2v) is 5.54. The molecule has 0 radical (unpaired) electrons. The number of esters is 1. The first kappa shape index (κ1) is 15.4. The molecule has 2 N–H and O–H groups in total. The summed E-state index contributed by atoms with van der Waals surface area (Å²) < 4.78 is 10.2. The fourth-order valence-electron chi connectivity index (χ4n) is 2.59. The number of aliphatic imine (C=N–C) groups is 1. The van der Waals surface area contributed by atoms with Gasteiger partial charge in [0.1, 0.15) is 23.6 Å². The van der Waals surface area contributed by atoms with E-state index in [9.17, 15) is 4.79 Å². The van der Waals surface area contributed by atoms with E-state index < -0.39 is 5.97 Å². The second-order valence-electron chi connectivity index (χ2n) is 5.54. The van der Waals surface area contributed by atoms with Gasteiger partial charge in [0.15, 0.2) is 5.96 Å². The highest BCUT2D eigenvalue weighted by Gasteiger charge is 2.18. The molecule has 1 aliphatic heterocycles. The Bertz CT molecular complexity index is 536. The zero-order chi connectivity index (χ0) is 15.4. The molecule has 0 saturated carbocycles. The average molecular weight is 293 g/mol. The van der Waals surface area contributed by atoms with Gasteiger partial charge in [0.2, 0.25) is 0 Å². The largest absolute Gasteiger partial charge is 0.465 e. The number of hydrogen-bond donors (Lipinski definition) is 1. The number of likely N-dealkylation sites (tertiary alicyclic amines) is 1. The molecule has 1 aliphatic rings. The van der Waals surface area contributed by atoms with Crippen molar-refractivity contribution >= 4 is 11.9 Å². The van der Waals surface area contributed by atoms with Crippen molar-refractivity contribution in [2.45, 2.75) is 33.2 Å². The number of methoxy groups -OCH3 is 1. The zero-order valence-corrected chi connectivity index (χ0v) is 12.9. The molecule has 1 atom stereocenters. The van der Waals surface area contributed by atoms with Crippen molar-refractivity contribution in [1.82, 2.24) is 4.90 Å². The molecule has 116 valence electrons. The number of nitrogens with zero attached hydrogens (tertiary/aromatic N) is 2. The van der Waals surface area contributed by atoms with Gasteiger partial charge in [-0.15, -0.1) is 0 Å². The maximum Gasteiger partial charge on any atom is 0.341 e. The molecule has 1 aromatic rings. The molecule has 1 aromatic heterocycles. The van der Waals surface area contributed by atoms with Crippen molar-refractivity contribution in [2.24, 2.45) is 16.6 Å². The van der Waals surface area contributed by atoms with Gasteiger partial charge in [0, 0.05) is 13.1 Å². The quantitative estimate of drug-likeness (QED) is 0.523. The van der Waals surface area contributed by atoms with Gasteiger partial charge >= 0.3 is 5.97 Å². The van der Waals surface area contributed by atoms with Gasteiger partial charge in [0.05, 0.1) is 7.11 Å². The van der Waals surface area contributed by atoms with E-state index in [0.29, 0.717) is 35.5 Å². The summed E-state index contributed by atoms with van der Waals surface area (Å²) in [4.78, 5) is 18.0. The predicted molar refractivity (Wildman–Crippen MR) is 80.1 cm³/mol. The smallest absolute Gasteiger partial charge is 0.341 e. The third-order valence-electron chi connectivity index (χ3n) is 3.75.